The molecule has 0 aliphatic carbocycles. The number of para-hydroxylation sites is 1. The Bertz CT molecular complexity index is 760. The van der Waals surface area contributed by atoms with E-state index in [1.54, 1.807) is 17.9 Å². The Morgan fingerprint density at radius 3 is 2.61 bits per heavy atom. The standard InChI is InChI=1S/C18H17FN2O2/c1-12(20-17(22)14-7-3-4-8-15(14)19)18(23)21-11-10-13-6-2-5-9-16(13)21/h2-9,12H,10-11H2,1H3,(H,20,22). The SMILES string of the molecule is CC(NC(=O)c1ccccc1F)C(=O)N1CCc2ccccc21. The number of benzene rings is 2. The van der Waals surface area contributed by atoms with Gasteiger partial charge in [0.15, 0.2) is 0 Å². The van der Waals surface area contributed by atoms with Crippen molar-refractivity contribution < 1.29 is 14.0 Å². The smallest absolute Gasteiger partial charge is 0.254 e. The number of nitrogens with one attached hydrogen (secondary N) is 1. The van der Waals surface area contributed by atoms with E-state index in [-0.39, 0.29) is 11.5 Å². The molecule has 0 saturated heterocycles. The van der Waals surface area contributed by atoms with Gasteiger partial charge in [-0.2, -0.15) is 0 Å². The molecule has 1 heterocycles. The van der Waals surface area contributed by atoms with Gasteiger partial charge in [-0.25, -0.2) is 4.39 Å². The second-order valence-electron chi connectivity index (χ2n) is 5.54. The van der Waals surface area contributed by atoms with Crippen LogP contribution in [0.15, 0.2) is 48.5 Å². The third-order valence-electron chi connectivity index (χ3n) is 3.99. The average molecular weight is 312 g/mol. The molecule has 0 bridgehead atoms. The summed E-state index contributed by atoms with van der Waals surface area (Å²) in [5.74, 6) is -1.38. The number of anilines is 1. The maximum atomic E-state index is 13.6. The number of rotatable bonds is 3. The fourth-order valence-electron chi connectivity index (χ4n) is 2.78. The van der Waals surface area contributed by atoms with Crippen LogP contribution < -0.4 is 10.2 Å². The number of carbonyl (C=O) groups is 2. The van der Waals surface area contributed by atoms with E-state index >= 15 is 0 Å². The first-order valence-corrected chi connectivity index (χ1v) is 7.52. The topological polar surface area (TPSA) is 49.4 Å². The molecule has 1 atom stereocenters. The van der Waals surface area contributed by atoms with Gasteiger partial charge in [-0.15, -0.1) is 0 Å². The third kappa shape index (κ3) is 2.95. The number of hydrogen-bond donors (Lipinski definition) is 1. The lowest BCUT2D eigenvalue weighted by Crippen LogP contribution is -2.46. The van der Waals surface area contributed by atoms with Crippen molar-refractivity contribution in [1.82, 2.24) is 5.32 Å². The van der Waals surface area contributed by atoms with Crippen LogP contribution in [0.25, 0.3) is 0 Å². The van der Waals surface area contributed by atoms with E-state index in [1.807, 2.05) is 24.3 Å². The normalized spacial score (nSPS) is 14.3. The van der Waals surface area contributed by atoms with Crippen LogP contribution in [0.5, 0.6) is 0 Å². The predicted molar refractivity (Wildman–Crippen MR) is 85.8 cm³/mol. The quantitative estimate of drug-likeness (QED) is 0.947. The summed E-state index contributed by atoms with van der Waals surface area (Å²) in [4.78, 5) is 26.4. The van der Waals surface area contributed by atoms with Crippen molar-refractivity contribution in [2.75, 3.05) is 11.4 Å². The number of halogens is 1. The summed E-state index contributed by atoms with van der Waals surface area (Å²) in [7, 11) is 0. The Hall–Kier alpha value is -2.69. The van der Waals surface area contributed by atoms with E-state index in [0.717, 1.165) is 17.7 Å². The molecular weight excluding hydrogens is 295 g/mol. The molecule has 2 amide bonds. The van der Waals surface area contributed by atoms with E-state index in [1.165, 1.54) is 18.2 Å². The van der Waals surface area contributed by atoms with E-state index in [4.69, 9.17) is 0 Å². The highest BCUT2D eigenvalue weighted by Crippen LogP contribution is 2.27. The lowest BCUT2D eigenvalue weighted by molar-refractivity contribution is -0.119. The molecule has 23 heavy (non-hydrogen) atoms. The van der Waals surface area contributed by atoms with Gasteiger partial charge in [-0.3, -0.25) is 9.59 Å². The first-order chi connectivity index (χ1) is 11.1. The molecule has 0 spiro atoms. The lowest BCUT2D eigenvalue weighted by Gasteiger charge is -2.22. The molecule has 0 aromatic heterocycles. The van der Waals surface area contributed by atoms with Gasteiger partial charge in [0.1, 0.15) is 11.9 Å². The Morgan fingerprint density at radius 2 is 1.83 bits per heavy atom. The summed E-state index contributed by atoms with van der Waals surface area (Å²) in [6, 6.07) is 12.7. The third-order valence-corrected chi connectivity index (χ3v) is 3.99. The van der Waals surface area contributed by atoms with Gasteiger partial charge in [-0.05, 0) is 37.1 Å². The van der Waals surface area contributed by atoms with Crippen LogP contribution in [-0.4, -0.2) is 24.4 Å². The molecule has 118 valence electrons. The van der Waals surface area contributed by atoms with Gasteiger partial charge < -0.3 is 10.2 Å². The van der Waals surface area contributed by atoms with Gasteiger partial charge >= 0.3 is 0 Å². The molecular formula is C18H17FN2O2. The maximum Gasteiger partial charge on any atom is 0.254 e. The van der Waals surface area contributed by atoms with Crippen molar-refractivity contribution in [3.8, 4) is 0 Å². The second kappa shape index (κ2) is 6.20. The molecule has 2 aromatic carbocycles. The Labute approximate surface area is 133 Å². The van der Waals surface area contributed by atoms with E-state index in [2.05, 4.69) is 5.32 Å². The molecule has 0 radical (unpaired) electrons. The Balaban J connectivity index is 1.72. The minimum atomic E-state index is -0.728. The zero-order valence-corrected chi connectivity index (χ0v) is 12.8. The van der Waals surface area contributed by atoms with Gasteiger partial charge in [0.2, 0.25) is 5.91 Å². The fourth-order valence-corrected chi connectivity index (χ4v) is 2.78. The van der Waals surface area contributed by atoms with Crippen molar-refractivity contribution in [3.63, 3.8) is 0 Å². The van der Waals surface area contributed by atoms with Crippen LogP contribution in [-0.2, 0) is 11.2 Å². The minimum absolute atomic E-state index is 0.0611. The zero-order valence-electron chi connectivity index (χ0n) is 12.8. The summed E-state index contributed by atoms with van der Waals surface area (Å²) >= 11 is 0. The van der Waals surface area contributed by atoms with E-state index in [0.29, 0.717) is 6.54 Å². The van der Waals surface area contributed by atoms with Crippen LogP contribution in [0.1, 0.15) is 22.8 Å². The number of hydrogen-bond acceptors (Lipinski definition) is 2. The number of amides is 2. The molecule has 3 rings (SSSR count). The second-order valence-corrected chi connectivity index (χ2v) is 5.54. The lowest BCUT2D eigenvalue weighted by atomic mass is 10.1. The fraction of sp³-hybridized carbons (Fsp3) is 0.222. The molecule has 5 heteroatoms. The molecule has 0 fully saturated rings. The maximum absolute atomic E-state index is 13.6. The van der Waals surface area contributed by atoms with Crippen molar-refractivity contribution in [2.45, 2.75) is 19.4 Å². The van der Waals surface area contributed by atoms with Crippen molar-refractivity contribution >= 4 is 17.5 Å². The van der Waals surface area contributed by atoms with Crippen molar-refractivity contribution in [3.05, 3.63) is 65.5 Å². The summed E-state index contributed by atoms with van der Waals surface area (Å²) < 4.78 is 13.6. The van der Waals surface area contributed by atoms with Crippen LogP contribution in [0.2, 0.25) is 0 Å². The molecule has 4 nitrogen and oxygen atoms in total. The Morgan fingerprint density at radius 1 is 1.13 bits per heavy atom. The van der Waals surface area contributed by atoms with Gasteiger partial charge in [0.05, 0.1) is 5.56 Å². The zero-order chi connectivity index (χ0) is 16.4. The Kier molecular flexibility index (Phi) is 4.10. The summed E-state index contributed by atoms with van der Waals surface area (Å²) in [6.45, 7) is 2.21. The summed E-state index contributed by atoms with van der Waals surface area (Å²) in [5, 5.41) is 2.57. The molecule has 1 N–H and O–H groups in total. The highest BCUT2D eigenvalue weighted by atomic mass is 19.1. The van der Waals surface area contributed by atoms with Crippen LogP contribution in [0.4, 0.5) is 10.1 Å². The summed E-state index contributed by atoms with van der Waals surface area (Å²) in [5.41, 5.74) is 1.94. The van der Waals surface area contributed by atoms with Crippen LogP contribution >= 0.6 is 0 Å². The number of carbonyl (C=O) groups excluding carboxylic acids is 2. The molecule has 0 saturated carbocycles. The molecule has 2 aromatic rings. The van der Waals surface area contributed by atoms with Gasteiger partial charge in [0, 0.05) is 12.2 Å². The first kappa shape index (κ1) is 15.2. The van der Waals surface area contributed by atoms with Crippen molar-refractivity contribution in [1.29, 1.82) is 0 Å². The minimum Gasteiger partial charge on any atom is -0.340 e. The first-order valence-electron chi connectivity index (χ1n) is 7.52. The highest BCUT2D eigenvalue weighted by molar-refractivity contribution is 6.03. The molecule has 1 unspecified atom stereocenters. The molecule has 1 aliphatic rings. The number of nitrogens with zero attached hydrogens (tertiary/aromatic N) is 1. The molecule has 1 aliphatic heterocycles. The number of fused-ring (bicyclic) bond motifs is 1. The van der Waals surface area contributed by atoms with E-state index < -0.39 is 17.8 Å². The average Bonchev–Trinajstić information content (AvgIpc) is 2.98. The van der Waals surface area contributed by atoms with Crippen LogP contribution in [0, 0.1) is 5.82 Å². The monoisotopic (exact) mass is 312 g/mol. The predicted octanol–water partition coefficient (Wildman–Crippen LogP) is 2.53. The van der Waals surface area contributed by atoms with Gasteiger partial charge in [-0.1, -0.05) is 30.3 Å². The summed E-state index contributed by atoms with van der Waals surface area (Å²) in [6.07, 6.45) is 0.801. The van der Waals surface area contributed by atoms with Crippen LogP contribution in [0.3, 0.4) is 0 Å². The largest absolute Gasteiger partial charge is 0.340 e. The van der Waals surface area contributed by atoms with E-state index in [9.17, 15) is 14.0 Å². The van der Waals surface area contributed by atoms with Gasteiger partial charge in [0.25, 0.3) is 5.91 Å². The van der Waals surface area contributed by atoms with Crippen molar-refractivity contribution in [2.24, 2.45) is 0 Å². The highest BCUT2D eigenvalue weighted by Gasteiger charge is 2.28.